The van der Waals surface area contributed by atoms with E-state index in [0.29, 0.717) is 5.95 Å². The molecule has 1 atom stereocenters. The lowest BCUT2D eigenvalue weighted by atomic mass is 10.0. The third-order valence-corrected chi connectivity index (χ3v) is 3.42. The number of pyridine rings is 1. The Balaban J connectivity index is 1.84. The molecule has 0 bridgehead atoms. The molecular weight excluding hydrogens is 341 g/mol. The van der Waals surface area contributed by atoms with Crippen molar-refractivity contribution in [3.05, 3.63) is 39.9 Å². The second-order valence-electron chi connectivity index (χ2n) is 4.08. The van der Waals surface area contributed by atoms with Crippen LogP contribution in [0.25, 0.3) is 0 Å². The van der Waals surface area contributed by atoms with Gasteiger partial charge in [-0.3, -0.25) is 0 Å². The van der Waals surface area contributed by atoms with Crippen molar-refractivity contribution in [3.63, 3.8) is 0 Å². The van der Waals surface area contributed by atoms with E-state index in [1.807, 2.05) is 6.07 Å². The first-order chi connectivity index (χ1) is 8.83. The Morgan fingerprint density at radius 2 is 2.11 bits per heavy atom. The van der Waals surface area contributed by atoms with Crippen LogP contribution in [0.1, 0.15) is 18.0 Å². The van der Waals surface area contributed by atoms with Crippen molar-refractivity contribution < 1.29 is 0 Å². The molecule has 3 heterocycles. The molecule has 2 aromatic rings. The third kappa shape index (κ3) is 2.38. The third-order valence-electron chi connectivity index (χ3n) is 2.86. The number of anilines is 2. The molecule has 2 aromatic heterocycles. The molecule has 1 aliphatic rings. The summed E-state index contributed by atoms with van der Waals surface area (Å²) < 4.78 is 1.03. The minimum absolute atomic E-state index is 0.218. The van der Waals surface area contributed by atoms with Gasteiger partial charge >= 0.3 is 0 Å². The van der Waals surface area contributed by atoms with Crippen molar-refractivity contribution in [3.8, 4) is 0 Å². The van der Waals surface area contributed by atoms with Crippen LogP contribution >= 0.6 is 22.6 Å². The summed E-state index contributed by atoms with van der Waals surface area (Å²) in [6, 6.07) is 4.25. The Bertz CT molecular complexity index is 542. The van der Waals surface area contributed by atoms with E-state index in [1.165, 1.54) is 5.56 Å². The summed E-state index contributed by atoms with van der Waals surface area (Å²) in [7, 11) is 0. The molecule has 0 saturated carbocycles. The number of fused-ring (bicyclic) bond motifs is 1. The van der Waals surface area contributed by atoms with Gasteiger partial charge < -0.3 is 10.6 Å². The first-order valence-corrected chi connectivity index (χ1v) is 6.83. The fourth-order valence-electron chi connectivity index (χ4n) is 2.03. The van der Waals surface area contributed by atoms with E-state index in [4.69, 9.17) is 0 Å². The van der Waals surface area contributed by atoms with Crippen molar-refractivity contribution >= 4 is 34.4 Å². The van der Waals surface area contributed by atoms with Crippen LogP contribution in [0.15, 0.2) is 30.7 Å². The zero-order valence-electron chi connectivity index (χ0n) is 9.60. The number of hydrogen-bond donors (Lipinski definition) is 2. The van der Waals surface area contributed by atoms with Gasteiger partial charge in [0.1, 0.15) is 5.82 Å². The average Bonchev–Trinajstić information content (AvgIpc) is 2.42. The maximum absolute atomic E-state index is 4.33. The zero-order chi connectivity index (χ0) is 12.4. The Labute approximate surface area is 119 Å². The Kier molecular flexibility index (Phi) is 3.26. The topological polar surface area (TPSA) is 62.7 Å². The molecule has 18 heavy (non-hydrogen) atoms. The van der Waals surface area contributed by atoms with Crippen molar-refractivity contribution in [2.24, 2.45) is 0 Å². The lowest BCUT2D eigenvalue weighted by molar-refractivity contribution is 0.683. The van der Waals surface area contributed by atoms with Gasteiger partial charge in [-0.25, -0.2) is 15.0 Å². The van der Waals surface area contributed by atoms with Crippen molar-refractivity contribution in [1.82, 2.24) is 15.0 Å². The highest BCUT2D eigenvalue weighted by molar-refractivity contribution is 14.1. The predicted octanol–water partition coefficient (Wildman–Crippen LogP) is 2.45. The molecule has 1 aliphatic heterocycles. The molecule has 92 valence electrons. The summed E-state index contributed by atoms with van der Waals surface area (Å²) >= 11 is 2.19. The molecule has 0 saturated heterocycles. The normalized spacial score (nSPS) is 17.7. The monoisotopic (exact) mass is 353 g/mol. The SMILES string of the molecule is Ic1cnc(NC2CCNc3ncccc32)nc1. The molecule has 2 N–H and O–H groups in total. The van der Waals surface area contributed by atoms with Crippen LogP contribution in [0, 0.1) is 3.57 Å². The molecule has 0 aliphatic carbocycles. The number of rotatable bonds is 2. The molecule has 0 spiro atoms. The lowest BCUT2D eigenvalue weighted by Crippen LogP contribution is -2.23. The Hall–Kier alpha value is -1.44. The summed E-state index contributed by atoms with van der Waals surface area (Å²) in [5.41, 5.74) is 1.17. The molecule has 0 fully saturated rings. The van der Waals surface area contributed by atoms with Crippen molar-refractivity contribution in [2.45, 2.75) is 12.5 Å². The maximum Gasteiger partial charge on any atom is 0.223 e. The van der Waals surface area contributed by atoms with Crippen molar-refractivity contribution in [1.29, 1.82) is 0 Å². The molecule has 0 amide bonds. The highest BCUT2D eigenvalue weighted by Crippen LogP contribution is 2.29. The first kappa shape index (κ1) is 11.6. The van der Waals surface area contributed by atoms with E-state index in [9.17, 15) is 0 Å². The Morgan fingerprint density at radius 1 is 1.28 bits per heavy atom. The largest absolute Gasteiger partial charge is 0.370 e. The number of nitrogens with one attached hydrogen (secondary N) is 2. The van der Waals surface area contributed by atoms with Crippen LogP contribution < -0.4 is 10.6 Å². The fourth-order valence-corrected chi connectivity index (χ4v) is 2.31. The number of nitrogens with zero attached hydrogens (tertiary/aromatic N) is 3. The molecular formula is C12H12IN5. The minimum atomic E-state index is 0.218. The second kappa shape index (κ2) is 5.05. The van der Waals surface area contributed by atoms with Gasteiger partial charge in [-0.05, 0) is 35.1 Å². The molecule has 5 nitrogen and oxygen atoms in total. The maximum atomic E-state index is 4.33. The van der Waals surface area contributed by atoms with Gasteiger partial charge in [-0.2, -0.15) is 0 Å². The van der Waals surface area contributed by atoms with Gasteiger partial charge in [0.25, 0.3) is 0 Å². The first-order valence-electron chi connectivity index (χ1n) is 5.76. The summed E-state index contributed by atoms with van der Waals surface area (Å²) in [6.07, 6.45) is 6.41. The second-order valence-corrected chi connectivity index (χ2v) is 5.32. The van der Waals surface area contributed by atoms with E-state index >= 15 is 0 Å². The van der Waals surface area contributed by atoms with Crippen LogP contribution in [0.2, 0.25) is 0 Å². The van der Waals surface area contributed by atoms with E-state index in [0.717, 1.165) is 22.4 Å². The van der Waals surface area contributed by atoms with Crippen LogP contribution in [0.4, 0.5) is 11.8 Å². The van der Waals surface area contributed by atoms with Gasteiger partial charge in [-0.15, -0.1) is 0 Å². The number of aromatic nitrogens is 3. The summed E-state index contributed by atoms with van der Waals surface area (Å²) in [4.78, 5) is 12.9. The van der Waals surface area contributed by atoms with E-state index in [-0.39, 0.29) is 6.04 Å². The molecule has 6 heteroatoms. The molecule has 0 aromatic carbocycles. The quantitative estimate of drug-likeness (QED) is 0.813. The van der Waals surface area contributed by atoms with Gasteiger partial charge in [0, 0.05) is 34.3 Å². The van der Waals surface area contributed by atoms with E-state index < -0.39 is 0 Å². The van der Waals surface area contributed by atoms with E-state index in [2.05, 4.69) is 54.2 Å². The molecule has 1 unspecified atom stereocenters. The summed E-state index contributed by atoms with van der Waals surface area (Å²) in [6.45, 7) is 0.909. The predicted molar refractivity (Wildman–Crippen MR) is 78.5 cm³/mol. The van der Waals surface area contributed by atoms with Crippen LogP contribution in [0.3, 0.4) is 0 Å². The highest BCUT2D eigenvalue weighted by Gasteiger charge is 2.20. The van der Waals surface area contributed by atoms with Crippen LogP contribution in [-0.4, -0.2) is 21.5 Å². The standard InChI is InChI=1S/C12H12IN5/c13-8-6-16-12(17-7-8)18-10-3-5-15-11-9(10)2-1-4-14-11/h1-2,4,6-7,10H,3,5H2,(H,14,15)(H,16,17,18). The fraction of sp³-hybridized carbons (Fsp3) is 0.250. The Morgan fingerprint density at radius 3 is 2.94 bits per heavy atom. The highest BCUT2D eigenvalue weighted by atomic mass is 127. The van der Waals surface area contributed by atoms with Gasteiger partial charge in [-0.1, -0.05) is 6.07 Å². The summed E-state index contributed by atoms with van der Waals surface area (Å²) in [5, 5.41) is 6.65. The zero-order valence-corrected chi connectivity index (χ0v) is 11.8. The average molecular weight is 353 g/mol. The lowest BCUT2D eigenvalue weighted by Gasteiger charge is -2.26. The van der Waals surface area contributed by atoms with Gasteiger partial charge in [0.2, 0.25) is 5.95 Å². The smallest absolute Gasteiger partial charge is 0.223 e. The van der Waals surface area contributed by atoms with Gasteiger partial charge in [0.15, 0.2) is 0 Å². The minimum Gasteiger partial charge on any atom is -0.370 e. The van der Waals surface area contributed by atoms with Gasteiger partial charge in [0.05, 0.1) is 6.04 Å². The van der Waals surface area contributed by atoms with Crippen molar-refractivity contribution in [2.75, 3.05) is 17.2 Å². The molecule has 0 radical (unpaired) electrons. The summed E-state index contributed by atoms with van der Waals surface area (Å²) in [5.74, 6) is 1.61. The molecule has 3 rings (SSSR count). The number of halogens is 1. The van der Waals surface area contributed by atoms with Crippen LogP contribution in [-0.2, 0) is 0 Å². The van der Waals surface area contributed by atoms with Crippen LogP contribution in [0.5, 0.6) is 0 Å². The number of hydrogen-bond acceptors (Lipinski definition) is 5. The van der Waals surface area contributed by atoms with E-state index in [1.54, 1.807) is 18.6 Å².